The number of carbonyl (C=O) groups excluding carboxylic acids is 1. The minimum atomic E-state index is 0.196. The quantitative estimate of drug-likeness (QED) is 0.838. The minimum absolute atomic E-state index is 0.196. The van der Waals surface area contributed by atoms with Crippen LogP contribution in [0.1, 0.15) is 48.8 Å². The number of amides is 1. The molecule has 1 amide bonds. The lowest BCUT2D eigenvalue weighted by atomic mass is 9.94. The Kier molecular flexibility index (Phi) is 4.86. The zero-order chi connectivity index (χ0) is 18.1. The molecule has 3 fully saturated rings. The number of hydrogen-bond acceptors (Lipinski definition) is 2. The molecule has 4 heteroatoms. The van der Waals surface area contributed by atoms with Crippen LogP contribution in [0.4, 0.5) is 0 Å². The maximum absolute atomic E-state index is 13.2. The number of hydrogen-bond donors (Lipinski definition) is 0. The van der Waals surface area contributed by atoms with Gasteiger partial charge in [0.05, 0.1) is 0 Å². The van der Waals surface area contributed by atoms with Crippen LogP contribution >= 0.6 is 0 Å². The summed E-state index contributed by atoms with van der Waals surface area (Å²) in [6.07, 6.45) is 4.46. The molecule has 0 unspecified atom stereocenters. The van der Waals surface area contributed by atoms with Crippen molar-refractivity contribution in [1.29, 1.82) is 0 Å². The molecule has 1 aromatic carbocycles. The van der Waals surface area contributed by atoms with Gasteiger partial charge in [-0.1, -0.05) is 30.3 Å². The largest absolute Gasteiger partial charge is 0.341 e. The molecule has 1 aromatic heterocycles. The van der Waals surface area contributed by atoms with Crippen molar-refractivity contribution in [3.8, 4) is 0 Å². The smallest absolute Gasteiger partial charge is 0.270 e. The normalized spacial score (nSPS) is 23.4. The first-order valence-corrected chi connectivity index (χ1v) is 9.86. The molecule has 26 heavy (non-hydrogen) atoms. The summed E-state index contributed by atoms with van der Waals surface area (Å²) in [5.74, 6) is 0.783. The van der Waals surface area contributed by atoms with Gasteiger partial charge in [-0.2, -0.15) is 0 Å². The van der Waals surface area contributed by atoms with E-state index in [0.717, 1.165) is 31.9 Å². The van der Waals surface area contributed by atoms with E-state index in [1.54, 1.807) is 0 Å². The van der Waals surface area contributed by atoms with Crippen LogP contribution in [0, 0.1) is 5.92 Å². The molecule has 0 saturated carbocycles. The first-order chi connectivity index (χ1) is 12.6. The third-order valence-electron chi connectivity index (χ3n) is 5.90. The van der Waals surface area contributed by atoms with Crippen LogP contribution < -0.4 is 0 Å². The lowest BCUT2D eigenvalue weighted by Crippen LogP contribution is -2.44. The van der Waals surface area contributed by atoms with E-state index in [1.165, 1.54) is 18.4 Å². The SMILES string of the molecule is CC(C)n1cccc1C(=O)N1C[C@H]2CC[C@@H](C1)N(Cc1ccccc1)C2. The molecule has 0 spiro atoms. The van der Waals surface area contributed by atoms with Crippen molar-refractivity contribution in [2.75, 3.05) is 19.6 Å². The van der Waals surface area contributed by atoms with E-state index in [9.17, 15) is 4.79 Å². The summed E-state index contributed by atoms with van der Waals surface area (Å²) in [5, 5.41) is 0. The Bertz CT molecular complexity index is 752. The maximum atomic E-state index is 13.2. The molecule has 2 bridgehead atoms. The molecule has 0 N–H and O–H groups in total. The number of rotatable bonds is 4. The number of piperidine rings is 1. The third kappa shape index (κ3) is 3.43. The van der Waals surface area contributed by atoms with Gasteiger partial charge in [-0.3, -0.25) is 9.69 Å². The number of fused-ring (bicyclic) bond motifs is 4. The standard InChI is InChI=1S/C22H29N3O/c1-17(2)25-12-6-9-21(25)22(26)24-15-19-10-11-20(16-24)23(14-19)13-18-7-4-3-5-8-18/h3-9,12,17,19-20H,10-11,13-16H2,1-2H3/t19-,20-/m0/s1. The molecule has 138 valence electrons. The molecule has 3 aliphatic rings. The lowest BCUT2D eigenvalue weighted by molar-refractivity contribution is 0.0723. The van der Waals surface area contributed by atoms with Crippen LogP contribution in [0.2, 0.25) is 0 Å². The third-order valence-corrected chi connectivity index (χ3v) is 5.90. The molecular formula is C22H29N3O. The number of carbonyl (C=O) groups is 1. The average molecular weight is 351 g/mol. The van der Waals surface area contributed by atoms with Crippen LogP contribution in [0.15, 0.2) is 48.7 Å². The fraction of sp³-hybridized carbons (Fsp3) is 0.500. The summed E-state index contributed by atoms with van der Waals surface area (Å²) in [7, 11) is 0. The molecule has 3 aliphatic heterocycles. The highest BCUT2D eigenvalue weighted by Gasteiger charge is 2.37. The predicted molar refractivity (Wildman–Crippen MR) is 104 cm³/mol. The summed E-state index contributed by atoms with van der Waals surface area (Å²) in [4.78, 5) is 17.9. The van der Waals surface area contributed by atoms with Crippen molar-refractivity contribution >= 4 is 5.91 Å². The van der Waals surface area contributed by atoms with Crippen molar-refractivity contribution in [1.82, 2.24) is 14.4 Å². The van der Waals surface area contributed by atoms with Gasteiger partial charge in [-0.15, -0.1) is 0 Å². The van der Waals surface area contributed by atoms with Crippen LogP contribution in [0.5, 0.6) is 0 Å². The Morgan fingerprint density at radius 3 is 2.62 bits per heavy atom. The molecule has 0 aliphatic carbocycles. The molecule has 2 atom stereocenters. The van der Waals surface area contributed by atoms with E-state index < -0.39 is 0 Å². The predicted octanol–water partition coefficient (Wildman–Crippen LogP) is 3.81. The highest BCUT2D eigenvalue weighted by atomic mass is 16.2. The molecule has 0 radical (unpaired) electrons. The highest BCUT2D eigenvalue weighted by Crippen LogP contribution is 2.30. The van der Waals surface area contributed by atoms with Gasteiger partial charge in [0.1, 0.15) is 5.69 Å². The average Bonchev–Trinajstić information content (AvgIpc) is 2.97. The molecule has 2 aromatic rings. The second-order valence-electron chi connectivity index (χ2n) is 8.12. The molecule has 5 rings (SSSR count). The minimum Gasteiger partial charge on any atom is -0.341 e. The van der Waals surface area contributed by atoms with E-state index >= 15 is 0 Å². The fourth-order valence-corrected chi connectivity index (χ4v) is 4.54. The Balaban J connectivity index is 1.51. The van der Waals surface area contributed by atoms with Crippen LogP contribution in [-0.4, -0.2) is 46.0 Å². The summed E-state index contributed by atoms with van der Waals surface area (Å²) >= 11 is 0. The second-order valence-corrected chi connectivity index (χ2v) is 8.12. The maximum Gasteiger partial charge on any atom is 0.270 e. The van der Waals surface area contributed by atoms with Gasteiger partial charge < -0.3 is 9.47 Å². The Morgan fingerprint density at radius 2 is 1.85 bits per heavy atom. The molecule has 3 saturated heterocycles. The highest BCUT2D eigenvalue weighted by molar-refractivity contribution is 5.93. The van der Waals surface area contributed by atoms with Gasteiger partial charge in [0, 0.05) is 44.5 Å². The molecular weight excluding hydrogens is 322 g/mol. The monoisotopic (exact) mass is 351 g/mol. The van der Waals surface area contributed by atoms with E-state index in [2.05, 4.69) is 58.5 Å². The Hall–Kier alpha value is -2.07. The zero-order valence-corrected chi connectivity index (χ0v) is 15.8. The van der Waals surface area contributed by atoms with E-state index in [0.29, 0.717) is 18.0 Å². The summed E-state index contributed by atoms with van der Waals surface area (Å²) in [6.45, 7) is 8.10. The number of aromatic nitrogens is 1. The summed E-state index contributed by atoms with van der Waals surface area (Å²) in [5.41, 5.74) is 2.20. The summed E-state index contributed by atoms with van der Waals surface area (Å²) in [6, 6.07) is 15.4. The Labute approximate surface area is 156 Å². The number of benzene rings is 1. The lowest BCUT2D eigenvalue weighted by Gasteiger charge is -2.36. The molecule has 4 heterocycles. The second kappa shape index (κ2) is 7.28. The van der Waals surface area contributed by atoms with Gasteiger partial charge in [0.15, 0.2) is 0 Å². The fourth-order valence-electron chi connectivity index (χ4n) is 4.54. The topological polar surface area (TPSA) is 28.5 Å². The van der Waals surface area contributed by atoms with Gasteiger partial charge in [-0.05, 0) is 50.3 Å². The van der Waals surface area contributed by atoms with E-state index in [-0.39, 0.29) is 5.91 Å². The van der Waals surface area contributed by atoms with Gasteiger partial charge in [0.25, 0.3) is 5.91 Å². The van der Waals surface area contributed by atoms with Gasteiger partial charge in [0.2, 0.25) is 0 Å². The summed E-state index contributed by atoms with van der Waals surface area (Å²) < 4.78 is 2.09. The van der Waals surface area contributed by atoms with Gasteiger partial charge >= 0.3 is 0 Å². The van der Waals surface area contributed by atoms with Crippen LogP contribution in [-0.2, 0) is 6.54 Å². The van der Waals surface area contributed by atoms with Crippen molar-refractivity contribution in [2.45, 2.75) is 45.3 Å². The first kappa shape index (κ1) is 17.3. The Morgan fingerprint density at radius 1 is 1.04 bits per heavy atom. The van der Waals surface area contributed by atoms with Crippen LogP contribution in [0.3, 0.4) is 0 Å². The zero-order valence-electron chi connectivity index (χ0n) is 15.8. The van der Waals surface area contributed by atoms with Crippen molar-refractivity contribution in [2.24, 2.45) is 5.92 Å². The van der Waals surface area contributed by atoms with E-state index in [1.807, 2.05) is 18.3 Å². The van der Waals surface area contributed by atoms with Crippen molar-refractivity contribution in [3.05, 3.63) is 59.9 Å². The van der Waals surface area contributed by atoms with Crippen LogP contribution in [0.25, 0.3) is 0 Å². The van der Waals surface area contributed by atoms with Crippen molar-refractivity contribution < 1.29 is 4.79 Å². The van der Waals surface area contributed by atoms with E-state index in [4.69, 9.17) is 0 Å². The van der Waals surface area contributed by atoms with Crippen molar-refractivity contribution in [3.63, 3.8) is 0 Å². The molecule has 4 nitrogen and oxygen atoms in total. The number of nitrogens with zero attached hydrogens (tertiary/aromatic N) is 3. The van der Waals surface area contributed by atoms with Gasteiger partial charge in [-0.25, -0.2) is 0 Å². The first-order valence-electron chi connectivity index (χ1n) is 9.86.